The third-order valence-electron chi connectivity index (χ3n) is 3.71. The van der Waals surface area contributed by atoms with E-state index in [-0.39, 0.29) is 11.5 Å². The predicted molar refractivity (Wildman–Crippen MR) is 92.9 cm³/mol. The second-order valence-electron chi connectivity index (χ2n) is 6.43. The standard InChI is InChI=1S/C19H25NS/c1-5-17(20)16-8-6-7-9-18(16)21-15-12-10-14(11-13-15)19(2,3)4/h6-13,17H,5,20H2,1-4H3. The van der Waals surface area contributed by atoms with Gasteiger partial charge in [0, 0.05) is 15.8 Å². The average Bonchev–Trinajstić information content (AvgIpc) is 2.46. The van der Waals surface area contributed by atoms with Crippen LogP contribution in [0.15, 0.2) is 58.3 Å². The Morgan fingerprint density at radius 1 is 1.00 bits per heavy atom. The summed E-state index contributed by atoms with van der Waals surface area (Å²) in [5, 5.41) is 0. The summed E-state index contributed by atoms with van der Waals surface area (Å²) in [5.74, 6) is 0. The van der Waals surface area contributed by atoms with Crippen LogP contribution < -0.4 is 5.73 Å². The van der Waals surface area contributed by atoms with Crippen LogP contribution in [0.5, 0.6) is 0 Å². The molecule has 1 nitrogen and oxygen atoms in total. The molecule has 1 atom stereocenters. The maximum Gasteiger partial charge on any atom is 0.0303 e. The summed E-state index contributed by atoms with van der Waals surface area (Å²) < 4.78 is 0. The van der Waals surface area contributed by atoms with Crippen molar-refractivity contribution in [3.8, 4) is 0 Å². The Labute approximate surface area is 133 Å². The van der Waals surface area contributed by atoms with Gasteiger partial charge in [-0.25, -0.2) is 0 Å². The van der Waals surface area contributed by atoms with Crippen LogP contribution in [0, 0.1) is 0 Å². The molecule has 0 aliphatic carbocycles. The molecule has 0 amide bonds. The molecule has 0 fully saturated rings. The molecule has 2 rings (SSSR count). The number of rotatable bonds is 4. The lowest BCUT2D eigenvalue weighted by Crippen LogP contribution is -2.10. The molecule has 1 unspecified atom stereocenters. The van der Waals surface area contributed by atoms with E-state index >= 15 is 0 Å². The summed E-state index contributed by atoms with van der Waals surface area (Å²) in [6.07, 6.45) is 0.959. The fourth-order valence-corrected chi connectivity index (χ4v) is 3.26. The van der Waals surface area contributed by atoms with Gasteiger partial charge in [0.05, 0.1) is 0 Å². The van der Waals surface area contributed by atoms with Gasteiger partial charge in [0.25, 0.3) is 0 Å². The fourth-order valence-electron chi connectivity index (χ4n) is 2.25. The zero-order valence-corrected chi connectivity index (χ0v) is 14.2. The quantitative estimate of drug-likeness (QED) is 0.801. The summed E-state index contributed by atoms with van der Waals surface area (Å²) >= 11 is 1.80. The highest BCUT2D eigenvalue weighted by atomic mass is 32.2. The highest BCUT2D eigenvalue weighted by molar-refractivity contribution is 7.99. The van der Waals surface area contributed by atoms with E-state index in [2.05, 4.69) is 76.2 Å². The molecule has 2 aromatic carbocycles. The van der Waals surface area contributed by atoms with Crippen LogP contribution in [-0.2, 0) is 5.41 Å². The van der Waals surface area contributed by atoms with E-state index in [9.17, 15) is 0 Å². The van der Waals surface area contributed by atoms with Crippen LogP contribution in [0.1, 0.15) is 51.3 Å². The van der Waals surface area contributed by atoms with Crippen molar-refractivity contribution < 1.29 is 0 Å². The lowest BCUT2D eigenvalue weighted by Gasteiger charge is -2.19. The van der Waals surface area contributed by atoms with Gasteiger partial charge >= 0.3 is 0 Å². The van der Waals surface area contributed by atoms with Crippen molar-refractivity contribution in [1.29, 1.82) is 0 Å². The van der Waals surface area contributed by atoms with E-state index in [0.717, 1.165) is 6.42 Å². The Bertz CT molecular complexity index is 581. The van der Waals surface area contributed by atoms with Crippen LogP contribution >= 0.6 is 11.8 Å². The fraction of sp³-hybridized carbons (Fsp3) is 0.368. The molecule has 2 N–H and O–H groups in total. The van der Waals surface area contributed by atoms with Crippen molar-refractivity contribution in [2.24, 2.45) is 5.73 Å². The number of nitrogens with two attached hydrogens (primary N) is 1. The first-order chi connectivity index (χ1) is 9.91. The molecule has 0 heterocycles. The monoisotopic (exact) mass is 299 g/mol. The van der Waals surface area contributed by atoms with E-state index in [4.69, 9.17) is 5.73 Å². The van der Waals surface area contributed by atoms with E-state index in [1.54, 1.807) is 11.8 Å². The molecule has 0 bridgehead atoms. The van der Waals surface area contributed by atoms with Gasteiger partial charge in [-0.15, -0.1) is 0 Å². The Balaban J connectivity index is 2.23. The van der Waals surface area contributed by atoms with Crippen molar-refractivity contribution in [3.05, 3.63) is 59.7 Å². The summed E-state index contributed by atoms with van der Waals surface area (Å²) in [7, 11) is 0. The van der Waals surface area contributed by atoms with Crippen LogP contribution in [0.25, 0.3) is 0 Å². The first kappa shape index (κ1) is 16.1. The highest BCUT2D eigenvalue weighted by Crippen LogP contribution is 2.34. The van der Waals surface area contributed by atoms with Gasteiger partial charge in [-0.05, 0) is 41.2 Å². The van der Waals surface area contributed by atoms with E-state index in [0.29, 0.717) is 0 Å². The second-order valence-corrected chi connectivity index (χ2v) is 7.54. The smallest absolute Gasteiger partial charge is 0.0303 e. The number of hydrogen-bond donors (Lipinski definition) is 1. The first-order valence-electron chi connectivity index (χ1n) is 7.54. The Hall–Kier alpha value is -1.25. The van der Waals surface area contributed by atoms with Crippen LogP contribution in [0.4, 0.5) is 0 Å². The minimum atomic E-state index is 0.113. The number of benzene rings is 2. The maximum atomic E-state index is 6.22. The van der Waals surface area contributed by atoms with Gasteiger partial charge in [-0.1, -0.05) is 69.8 Å². The molecular formula is C19H25NS. The molecule has 0 aliphatic heterocycles. The Morgan fingerprint density at radius 3 is 2.19 bits per heavy atom. The molecular weight excluding hydrogens is 274 g/mol. The lowest BCUT2D eigenvalue weighted by atomic mass is 9.87. The minimum Gasteiger partial charge on any atom is -0.324 e. The van der Waals surface area contributed by atoms with E-state index in [1.165, 1.54) is 20.9 Å². The topological polar surface area (TPSA) is 26.0 Å². The van der Waals surface area contributed by atoms with Crippen molar-refractivity contribution in [1.82, 2.24) is 0 Å². The largest absolute Gasteiger partial charge is 0.324 e. The van der Waals surface area contributed by atoms with E-state index < -0.39 is 0 Å². The summed E-state index contributed by atoms with van der Waals surface area (Å²) in [4.78, 5) is 2.52. The highest BCUT2D eigenvalue weighted by Gasteiger charge is 2.14. The summed E-state index contributed by atoms with van der Waals surface area (Å²) in [6, 6.07) is 17.4. The van der Waals surface area contributed by atoms with Crippen molar-refractivity contribution >= 4 is 11.8 Å². The molecule has 2 heteroatoms. The first-order valence-corrected chi connectivity index (χ1v) is 8.36. The zero-order valence-electron chi connectivity index (χ0n) is 13.4. The normalized spacial score (nSPS) is 13.2. The molecule has 112 valence electrons. The van der Waals surface area contributed by atoms with Crippen LogP contribution in [0.2, 0.25) is 0 Å². The van der Waals surface area contributed by atoms with Gasteiger partial charge in [0.15, 0.2) is 0 Å². The Morgan fingerprint density at radius 2 is 1.62 bits per heavy atom. The van der Waals surface area contributed by atoms with Gasteiger partial charge in [0.2, 0.25) is 0 Å². The third-order valence-corrected chi connectivity index (χ3v) is 4.81. The maximum absolute atomic E-state index is 6.22. The average molecular weight is 299 g/mol. The molecule has 0 aromatic heterocycles. The van der Waals surface area contributed by atoms with Gasteiger partial charge in [0.1, 0.15) is 0 Å². The van der Waals surface area contributed by atoms with Crippen molar-refractivity contribution in [2.75, 3.05) is 0 Å². The molecule has 0 saturated carbocycles. The van der Waals surface area contributed by atoms with Crippen molar-refractivity contribution in [2.45, 2.75) is 55.4 Å². The van der Waals surface area contributed by atoms with Crippen molar-refractivity contribution in [3.63, 3.8) is 0 Å². The molecule has 21 heavy (non-hydrogen) atoms. The molecule has 0 aliphatic rings. The lowest BCUT2D eigenvalue weighted by molar-refractivity contribution is 0.590. The second kappa shape index (κ2) is 6.67. The SMILES string of the molecule is CCC(N)c1ccccc1Sc1ccc(C(C)(C)C)cc1. The summed E-state index contributed by atoms with van der Waals surface area (Å²) in [6.45, 7) is 8.85. The summed E-state index contributed by atoms with van der Waals surface area (Å²) in [5.41, 5.74) is 9.02. The van der Waals surface area contributed by atoms with Crippen LogP contribution in [-0.4, -0.2) is 0 Å². The molecule has 0 radical (unpaired) electrons. The molecule has 2 aromatic rings. The third kappa shape index (κ3) is 4.12. The van der Waals surface area contributed by atoms with Gasteiger partial charge in [-0.3, -0.25) is 0 Å². The molecule has 0 spiro atoms. The predicted octanol–water partition coefficient (Wildman–Crippen LogP) is 5.55. The zero-order chi connectivity index (χ0) is 15.5. The van der Waals surface area contributed by atoms with E-state index in [1.807, 2.05) is 0 Å². The van der Waals surface area contributed by atoms with Gasteiger partial charge in [-0.2, -0.15) is 0 Å². The molecule has 0 saturated heterocycles. The van der Waals surface area contributed by atoms with Gasteiger partial charge < -0.3 is 5.73 Å². The van der Waals surface area contributed by atoms with Crippen LogP contribution in [0.3, 0.4) is 0 Å². The number of hydrogen-bond acceptors (Lipinski definition) is 2. The Kier molecular flexibility index (Phi) is 5.13. The minimum absolute atomic E-state index is 0.113.